The van der Waals surface area contributed by atoms with Crippen LogP contribution in [0.5, 0.6) is 0 Å². The van der Waals surface area contributed by atoms with Crippen LogP contribution >= 0.6 is 0 Å². The molecule has 9 heteroatoms. The minimum atomic E-state index is -2.91. The smallest absolute Gasteiger partial charge is 0.266 e. The van der Waals surface area contributed by atoms with Crippen LogP contribution in [0, 0.1) is 5.82 Å². The van der Waals surface area contributed by atoms with E-state index in [0.717, 1.165) is 12.1 Å². The second kappa shape index (κ2) is 7.82. The third-order valence-electron chi connectivity index (χ3n) is 4.95. The Hall–Kier alpha value is -2.94. The van der Waals surface area contributed by atoms with Gasteiger partial charge in [0, 0.05) is 31.5 Å². The normalized spacial score (nSPS) is 14.6. The van der Waals surface area contributed by atoms with Crippen molar-refractivity contribution in [2.24, 2.45) is 0 Å². The van der Waals surface area contributed by atoms with Gasteiger partial charge in [-0.15, -0.1) is 0 Å². The monoisotopic (exact) mass is 404 g/mol. The summed E-state index contributed by atoms with van der Waals surface area (Å²) in [7, 11) is 0. The van der Waals surface area contributed by atoms with Gasteiger partial charge in [-0.3, -0.25) is 14.5 Å². The predicted octanol–water partition coefficient (Wildman–Crippen LogP) is 3.42. The summed E-state index contributed by atoms with van der Waals surface area (Å²) in [5.74, 6) is -1.04. The maximum atomic E-state index is 13.6. The molecule has 2 aromatic heterocycles. The Kier molecular flexibility index (Phi) is 5.23. The molecule has 0 unspecified atom stereocenters. The molecule has 1 saturated heterocycles. The lowest BCUT2D eigenvalue weighted by atomic mass is 10.0. The molecule has 0 aliphatic carbocycles. The van der Waals surface area contributed by atoms with Crippen molar-refractivity contribution in [1.29, 1.82) is 0 Å². The van der Waals surface area contributed by atoms with Crippen molar-refractivity contribution < 1.29 is 22.7 Å². The standard InChI is InChI=1S/C20H19F3N4O2/c1-2-29-14-9-26(10-14)19(28)11-27-18-6-13(7-24-17(18)8-25-27)12-3-4-16(21)15(5-12)20(22)23/h3-8,14,20H,2,9-11H2,1H3. The van der Waals surface area contributed by atoms with Gasteiger partial charge in [0.15, 0.2) is 0 Å². The molecule has 1 aliphatic rings. The van der Waals surface area contributed by atoms with Crippen molar-refractivity contribution >= 4 is 16.9 Å². The maximum Gasteiger partial charge on any atom is 0.266 e. The number of likely N-dealkylation sites (tertiary alicyclic amines) is 1. The third kappa shape index (κ3) is 3.82. The molecule has 0 radical (unpaired) electrons. The fourth-order valence-electron chi connectivity index (χ4n) is 3.34. The van der Waals surface area contributed by atoms with Gasteiger partial charge in [-0.25, -0.2) is 13.2 Å². The van der Waals surface area contributed by atoms with Gasteiger partial charge in [0.25, 0.3) is 6.43 Å². The third-order valence-corrected chi connectivity index (χ3v) is 4.95. The molecular weight excluding hydrogens is 385 g/mol. The average molecular weight is 404 g/mol. The number of ether oxygens (including phenoxy) is 1. The number of fused-ring (bicyclic) bond motifs is 1. The van der Waals surface area contributed by atoms with Gasteiger partial charge < -0.3 is 9.64 Å². The van der Waals surface area contributed by atoms with Crippen LogP contribution in [-0.4, -0.2) is 51.4 Å². The molecule has 0 spiro atoms. The van der Waals surface area contributed by atoms with E-state index in [4.69, 9.17) is 4.74 Å². The lowest BCUT2D eigenvalue weighted by Crippen LogP contribution is -2.55. The quantitative estimate of drug-likeness (QED) is 0.632. The SMILES string of the molecule is CCOC1CN(C(=O)Cn2ncc3ncc(-c4ccc(F)c(C(F)F)c4)cc32)C1. The first-order valence-corrected chi connectivity index (χ1v) is 9.25. The van der Waals surface area contributed by atoms with Crippen LogP contribution in [0.4, 0.5) is 13.2 Å². The fourth-order valence-corrected chi connectivity index (χ4v) is 3.34. The topological polar surface area (TPSA) is 60.2 Å². The number of hydrogen-bond donors (Lipinski definition) is 0. The van der Waals surface area contributed by atoms with E-state index in [1.807, 2.05) is 6.92 Å². The second-order valence-electron chi connectivity index (χ2n) is 6.84. The summed E-state index contributed by atoms with van der Waals surface area (Å²) in [6, 6.07) is 5.26. The fraction of sp³-hybridized carbons (Fsp3) is 0.350. The molecule has 1 aliphatic heterocycles. The Bertz CT molecular complexity index is 1050. The minimum absolute atomic E-state index is 0.0409. The van der Waals surface area contributed by atoms with Crippen LogP contribution in [0.25, 0.3) is 22.2 Å². The van der Waals surface area contributed by atoms with Gasteiger partial charge in [0.2, 0.25) is 5.91 Å². The number of amides is 1. The summed E-state index contributed by atoms with van der Waals surface area (Å²) >= 11 is 0. The van der Waals surface area contributed by atoms with Crippen LogP contribution in [0.1, 0.15) is 18.9 Å². The molecule has 1 amide bonds. The van der Waals surface area contributed by atoms with E-state index in [1.54, 1.807) is 17.2 Å². The Morgan fingerprint density at radius 3 is 2.76 bits per heavy atom. The number of pyridine rings is 1. The molecule has 0 atom stereocenters. The molecule has 4 rings (SSSR count). The predicted molar refractivity (Wildman–Crippen MR) is 99.9 cm³/mol. The first-order valence-electron chi connectivity index (χ1n) is 9.25. The Labute approximate surface area is 164 Å². The molecule has 0 saturated carbocycles. The number of hydrogen-bond acceptors (Lipinski definition) is 4. The number of aromatic nitrogens is 3. The zero-order valence-electron chi connectivity index (χ0n) is 15.7. The van der Waals surface area contributed by atoms with Gasteiger partial charge in [0.1, 0.15) is 17.9 Å². The zero-order chi connectivity index (χ0) is 20.5. The van der Waals surface area contributed by atoms with Gasteiger partial charge in [-0.05, 0) is 30.7 Å². The summed E-state index contributed by atoms with van der Waals surface area (Å²) in [6.07, 6.45) is 0.225. The number of alkyl halides is 2. The maximum absolute atomic E-state index is 13.6. The van der Waals surface area contributed by atoms with E-state index < -0.39 is 17.8 Å². The highest BCUT2D eigenvalue weighted by Crippen LogP contribution is 2.29. The van der Waals surface area contributed by atoms with Crippen LogP contribution in [0.3, 0.4) is 0 Å². The van der Waals surface area contributed by atoms with Crippen molar-refractivity contribution in [2.45, 2.75) is 26.0 Å². The molecule has 3 heterocycles. The van der Waals surface area contributed by atoms with Crippen LogP contribution in [0.15, 0.2) is 36.7 Å². The molecular formula is C20H19F3N4O2. The van der Waals surface area contributed by atoms with E-state index in [0.29, 0.717) is 41.9 Å². The summed E-state index contributed by atoms with van der Waals surface area (Å²) in [5, 5.41) is 4.22. The lowest BCUT2D eigenvalue weighted by molar-refractivity contribution is -0.145. The summed E-state index contributed by atoms with van der Waals surface area (Å²) < 4.78 is 46.6. The van der Waals surface area contributed by atoms with Gasteiger partial charge in [-0.1, -0.05) is 6.07 Å². The van der Waals surface area contributed by atoms with Crippen molar-refractivity contribution in [1.82, 2.24) is 19.7 Å². The Morgan fingerprint density at radius 2 is 2.03 bits per heavy atom. The van der Waals surface area contributed by atoms with Crippen LogP contribution in [-0.2, 0) is 16.1 Å². The van der Waals surface area contributed by atoms with Gasteiger partial charge in [0.05, 0.1) is 23.4 Å². The first kappa shape index (κ1) is 19.4. The number of benzene rings is 1. The molecule has 152 valence electrons. The first-order chi connectivity index (χ1) is 14.0. The number of carbonyl (C=O) groups is 1. The minimum Gasteiger partial charge on any atom is -0.375 e. The van der Waals surface area contributed by atoms with E-state index in [-0.39, 0.29) is 18.6 Å². The Balaban J connectivity index is 1.57. The lowest BCUT2D eigenvalue weighted by Gasteiger charge is -2.38. The van der Waals surface area contributed by atoms with Gasteiger partial charge in [-0.2, -0.15) is 5.10 Å². The average Bonchev–Trinajstić information content (AvgIpc) is 3.06. The molecule has 6 nitrogen and oxygen atoms in total. The van der Waals surface area contributed by atoms with Crippen LogP contribution in [0.2, 0.25) is 0 Å². The summed E-state index contributed by atoms with van der Waals surface area (Å²) in [6.45, 7) is 3.68. The van der Waals surface area contributed by atoms with Crippen LogP contribution < -0.4 is 0 Å². The summed E-state index contributed by atoms with van der Waals surface area (Å²) in [4.78, 5) is 18.4. The molecule has 29 heavy (non-hydrogen) atoms. The highest BCUT2D eigenvalue weighted by atomic mass is 19.3. The molecule has 3 aromatic rings. The molecule has 1 fully saturated rings. The number of rotatable bonds is 6. The Morgan fingerprint density at radius 1 is 1.24 bits per heavy atom. The van der Waals surface area contributed by atoms with E-state index in [9.17, 15) is 18.0 Å². The van der Waals surface area contributed by atoms with Crippen molar-refractivity contribution in [2.75, 3.05) is 19.7 Å². The van der Waals surface area contributed by atoms with E-state index in [2.05, 4.69) is 10.1 Å². The van der Waals surface area contributed by atoms with Crippen molar-refractivity contribution in [3.63, 3.8) is 0 Å². The second-order valence-corrected chi connectivity index (χ2v) is 6.84. The molecule has 1 aromatic carbocycles. The van der Waals surface area contributed by atoms with Crippen molar-refractivity contribution in [3.8, 4) is 11.1 Å². The van der Waals surface area contributed by atoms with Gasteiger partial charge >= 0.3 is 0 Å². The number of carbonyl (C=O) groups excluding carboxylic acids is 1. The van der Waals surface area contributed by atoms with Crippen molar-refractivity contribution in [3.05, 3.63) is 48.0 Å². The number of halogens is 3. The highest BCUT2D eigenvalue weighted by Gasteiger charge is 2.31. The largest absolute Gasteiger partial charge is 0.375 e. The summed E-state index contributed by atoms with van der Waals surface area (Å²) in [5.41, 5.74) is 1.47. The zero-order valence-corrected chi connectivity index (χ0v) is 15.7. The van der Waals surface area contributed by atoms with E-state index in [1.165, 1.54) is 16.9 Å². The highest BCUT2D eigenvalue weighted by molar-refractivity contribution is 5.83. The molecule has 0 bridgehead atoms. The number of nitrogens with zero attached hydrogens (tertiary/aromatic N) is 4. The molecule has 0 N–H and O–H groups in total. The van der Waals surface area contributed by atoms with E-state index >= 15 is 0 Å².